The van der Waals surface area contributed by atoms with Crippen molar-refractivity contribution in [3.63, 3.8) is 0 Å². The fraction of sp³-hybridized carbons (Fsp3) is 0.533. The van der Waals surface area contributed by atoms with Crippen molar-refractivity contribution in [2.75, 3.05) is 18.5 Å². The number of halogens is 1. The summed E-state index contributed by atoms with van der Waals surface area (Å²) < 4.78 is 13.2. The lowest BCUT2D eigenvalue weighted by Crippen LogP contribution is -2.51. The molecule has 0 saturated heterocycles. The Labute approximate surface area is 118 Å². The molecule has 4 nitrogen and oxygen atoms in total. The second kappa shape index (κ2) is 5.79. The van der Waals surface area contributed by atoms with E-state index in [1.54, 1.807) is 6.07 Å². The van der Waals surface area contributed by atoms with E-state index < -0.39 is 11.5 Å². The summed E-state index contributed by atoms with van der Waals surface area (Å²) in [6, 6.07) is 6.39. The molecule has 20 heavy (non-hydrogen) atoms. The topological polar surface area (TPSA) is 66.6 Å². The van der Waals surface area contributed by atoms with Crippen LogP contribution in [0.1, 0.15) is 25.7 Å². The van der Waals surface area contributed by atoms with Crippen molar-refractivity contribution in [1.29, 1.82) is 0 Å². The number of nitrogens with zero attached hydrogens (tertiary/aromatic N) is 1. The number of anilines is 1. The minimum absolute atomic E-state index is 0.0176. The van der Waals surface area contributed by atoms with Gasteiger partial charge in [0, 0.05) is 19.3 Å². The first-order chi connectivity index (χ1) is 9.43. The van der Waals surface area contributed by atoms with Crippen LogP contribution in [0, 0.1) is 11.7 Å². The summed E-state index contributed by atoms with van der Waals surface area (Å²) in [5.74, 6) is -1.20. The summed E-state index contributed by atoms with van der Waals surface area (Å²) in [7, 11) is 1.88. The smallest absolute Gasteiger partial charge is 0.323 e. The quantitative estimate of drug-likeness (QED) is 0.868. The van der Waals surface area contributed by atoms with Gasteiger partial charge in [0.1, 0.15) is 11.4 Å². The van der Waals surface area contributed by atoms with Gasteiger partial charge >= 0.3 is 5.97 Å². The Hall–Kier alpha value is -1.62. The van der Waals surface area contributed by atoms with Crippen LogP contribution in [0.25, 0.3) is 0 Å². The van der Waals surface area contributed by atoms with Crippen molar-refractivity contribution >= 4 is 11.7 Å². The van der Waals surface area contributed by atoms with Crippen molar-refractivity contribution in [2.24, 2.45) is 11.7 Å². The number of carboxylic acid groups (broad SMARTS) is 1. The zero-order valence-electron chi connectivity index (χ0n) is 11.7. The van der Waals surface area contributed by atoms with Gasteiger partial charge in [-0.2, -0.15) is 0 Å². The van der Waals surface area contributed by atoms with Crippen LogP contribution in [-0.4, -0.2) is 30.2 Å². The highest BCUT2D eigenvalue weighted by atomic mass is 19.1. The Bertz CT molecular complexity index is 495. The molecule has 1 aromatic rings. The van der Waals surface area contributed by atoms with Gasteiger partial charge in [-0.25, -0.2) is 4.39 Å². The molecule has 3 N–H and O–H groups in total. The summed E-state index contributed by atoms with van der Waals surface area (Å²) in [4.78, 5) is 13.2. The molecule has 2 atom stereocenters. The molecule has 0 amide bonds. The Morgan fingerprint density at radius 1 is 1.60 bits per heavy atom. The summed E-state index contributed by atoms with van der Waals surface area (Å²) in [5, 5.41) is 9.27. The van der Waals surface area contributed by atoms with Crippen LogP contribution < -0.4 is 10.6 Å². The highest BCUT2D eigenvalue weighted by Crippen LogP contribution is 2.36. The maximum Gasteiger partial charge on any atom is 0.323 e. The fourth-order valence-electron chi connectivity index (χ4n) is 2.98. The molecular weight excluding hydrogens is 259 g/mol. The standard InChI is InChI=1S/C15H21FN2O2/c1-18(13-6-2-5-12(16)10-13)9-7-11-4-3-8-15(11,17)14(19)20/h2,5-6,10-11H,3-4,7-9,17H2,1H3,(H,19,20). The Morgan fingerprint density at radius 3 is 3.00 bits per heavy atom. The number of hydrogen-bond acceptors (Lipinski definition) is 3. The molecule has 2 unspecified atom stereocenters. The van der Waals surface area contributed by atoms with Gasteiger partial charge in [-0.15, -0.1) is 0 Å². The fourth-order valence-corrected chi connectivity index (χ4v) is 2.98. The first kappa shape index (κ1) is 14.8. The molecule has 1 fully saturated rings. The average Bonchev–Trinajstić information content (AvgIpc) is 2.79. The van der Waals surface area contributed by atoms with Crippen molar-refractivity contribution in [1.82, 2.24) is 0 Å². The van der Waals surface area contributed by atoms with Gasteiger partial charge in [0.05, 0.1) is 0 Å². The van der Waals surface area contributed by atoms with Gasteiger partial charge in [-0.05, 0) is 43.4 Å². The van der Waals surface area contributed by atoms with Gasteiger partial charge in [0.2, 0.25) is 0 Å². The second-order valence-electron chi connectivity index (χ2n) is 5.62. The number of benzene rings is 1. The average molecular weight is 280 g/mol. The largest absolute Gasteiger partial charge is 0.480 e. The normalized spacial score (nSPS) is 25.6. The number of carboxylic acids is 1. The molecule has 1 aliphatic rings. The van der Waals surface area contributed by atoms with Crippen molar-refractivity contribution in [2.45, 2.75) is 31.2 Å². The van der Waals surface area contributed by atoms with Crippen molar-refractivity contribution < 1.29 is 14.3 Å². The van der Waals surface area contributed by atoms with Gasteiger partial charge in [0.25, 0.3) is 0 Å². The Kier molecular flexibility index (Phi) is 4.28. The molecule has 0 aromatic heterocycles. The van der Waals surface area contributed by atoms with Crippen LogP contribution >= 0.6 is 0 Å². The molecule has 5 heteroatoms. The van der Waals surface area contributed by atoms with Crippen molar-refractivity contribution in [3.8, 4) is 0 Å². The lowest BCUT2D eigenvalue weighted by molar-refractivity contribution is -0.144. The molecule has 1 aromatic carbocycles. The third-order valence-corrected chi connectivity index (χ3v) is 4.33. The van der Waals surface area contributed by atoms with Crippen LogP contribution in [0.5, 0.6) is 0 Å². The first-order valence-corrected chi connectivity index (χ1v) is 6.92. The molecule has 1 saturated carbocycles. The third kappa shape index (κ3) is 2.93. The van der Waals surface area contributed by atoms with E-state index in [0.29, 0.717) is 19.4 Å². The maximum absolute atomic E-state index is 13.2. The number of carbonyl (C=O) groups is 1. The number of nitrogens with two attached hydrogens (primary N) is 1. The summed E-state index contributed by atoms with van der Waals surface area (Å²) in [6.45, 7) is 0.667. The maximum atomic E-state index is 13.2. The molecule has 2 rings (SSSR count). The van der Waals surface area contributed by atoms with Crippen LogP contribution in [0.3, 0.4) is 0 Å². The van der Waals surface area contributed by atoms with E-state index in [4.69, 9.17) is 5.73 Å². The zero-order valence-corrected chi connectivity index (χ0v) is 11.7. The Balaban J connectivity index is 1.96. The molecule has 0 radical (unpaired) electrons. The van der Waals surface area contributed by atoms with Gasteiger partial charge in [-0.1, -0.05) is 12.5 Å². The first-order valence-electron chi connectivity index (χ1n) is 6.92. The Morgan fingerprint density at radius 2 is 2.35 bits per heavy atom. The van der Waals surface area contributed by atoms with Gasteiger partial charge in [-0.3, -0.25) is 4.79 Å². The molecule has 0 bridgehead atoms. The minimum atomic E-state index is -1.09. The molecule has 1 aliphatic carbocycles. The molecule has 0 heterocycles. The van der Waals surface area contributed by atoms with E-state index >= 15 is 0 Å². The summed E-state index contributed by atoms with van der Waals surface area (Å²) in [6.07, 6.45) is 2.95. The van der Waals surface area contributed by atoms with Gasteiger partial charge in [0.15, 0.2) is 0 Å². The van der Waals surface area contributed by atoms with Crippen LogP contribution in [0.4, 0.5) is 10.1 Å². The second-order valence-corrected chi connectivity index (χ2v) is 5.62. The third-order valence-electron chi connectivity index (χ3n) is 4.33. The monoisotopic (exact) mass is 280 g/mol. The van der Waals surface area contributed by atoms with Crippen LogP contribution in [-0.2, 0) is 4.79 Å². The number of rotatable bonds is 5. The molecule has 0 aliphatic heterocycles. The lowest BCUT2D eigenvalue weighted by atomic mass is 9.85. The predicted octanol–water partition coefficient (Wildman–Crippen LogP) is 2.23. The van der Waals surface area contributed by atoms with E-state index in [2.05, 4.69) is 0 Å². The molecular formula is C15H21FN2O2. The van der Waals surface area contributed by atoms with Crippen LogP contribution in [0.15, 0.2) is 24.3 Å². The highest BCUT2D eigenvalue weighted by molar-refractivity contribution is 5.79. The lowest BCUT2D eigenvalue weighted by Gasteiger charge is -2.29. The number of aliphatic carboxylic acids is 1. The predicted molar refractivity (Wildman–Crippen MR) is 76.2 cm³/mol. The summed E-state index contributed by atoms with van der Waals surface area (Å²) >= 11 is 0. The zero-order chi connectivity index (χ0) is 14.8. The van der Waals surface area contributed by atoms with E-state index in [9.17, 15) is 14.3 Å². The molecule has 110 valence electrons. The van der Waals surface area contributed by atoms with E-state index in [1.165, 1.54) is 12.1 Å². The van der Waals surface area contributed by atoms with E-state index in [-0.39, 0.29) is 11.7 Å². The molecule has 0 spiro atoms. The van der Waals surface area contributed by atoms with Crippen molar-refractivity contribution in [3.05, 3.63) is 30.1 Å². The van der Waals surface area contributed by atoms with E-state index in [0.717, 1.165) is 18.5 Å². The van der Waals surface area contributed by atoms with E-state index in [1.807, 2.05) is 18.0 Å². The highest BCUT2D eigenvalue weighted by Gasteiger charge is 2.45. The SMILES string of the molecule is CN(CCC1CCCC1(N)C(=O)O)c1cccc(F)c1. The summed E-state index contributed by atoms with van der Waals surface area (Å²) in [5.41, 5.74) is 5.72. The minimum Gasteiger partial charge on any atom is -0.480 e. The number of hydrogen-bond donors (Lipinski definition) is 2. The van der Waals surface area contributed by atoms with Gasteiger partial charge < -0.3 is 15.7 Å². The van der Waals surface area contributed by atoms with Crippen LogP contribution in [0.2, 0.25) is 0 Å².